The normalized spacial score (nSPS) is 18.4. The third kappa shape index (κ3) is 3.15. The Morgan fingerprint density at radius 2 is 1.72 bits per heavy atom. The molecular weight excluding hydrogens is 382 g/mol. The maximum atomic E-state index is 13.0. The Bertz CT molecular complexity index is 1170. The summed E-state index contributed by atoms with van der Waals surface area (Å²) in [4.78, 5) is 3.22. The summed E-state index contributed by atoms with van der Waals surface area (Å²) >= 11 is 0. The summed E-state index contributed by atoms with van der Waals surface area (Å²) in [6.07, 6.45) is 1.84. The average Bonchev–Trinajstić information content (AvgIpc) is 2.77. The quantitative estimate of drug-likeness (QED) is 0.656. The monoisotopic (exact) mass is 405 g/mol. The average molecular weight is 406 g/mol. The number of fused-ring (bicyclic) bond motifs is 4. The smallest absolute Gasteiger partial charge is 0.206 e. The Balaban J connectivity index is 1.52. The fourth-order valence-corrected chi connectivity index (χ4v) is 5.90. The predicted molar refractivity (Wildman–Crippen MR) is 112 cm³/mol. The first-order valence-corrected chi connectivity index (χ1v) is 11.4. The van der Waals surface area contributed by atoms with Crippen LogP contribution in [-0.2, 0) is 29.2 Å². The van der Waals surface area contributed by atoms with Crippen molar-refractivity contribution in [3.05, 3.63) is 89.0 Å². The Hall–Kier alpha value is -2.63. The van der Waals surface area contributed by atoms with Gasteiger partial charge in [-0.3, -0.25) is 4.90 Å². The van der Waals surface area contributed by atoms with Crippen LogP contribution in [0.5, 0.6) is 5.75 Å². The molecule has 0 N–H and O–H groups in total. The van der Waals surface area contributed by atoms with Crippen molar-refractivity contribution in [3.8, 4) is 5.75 Å². The molecule has 2 heterocycles. The summed E-state index contributed by atoms with van der Waals surface area (Å²) < 4.78 is 31.5. The van der Waals surface area contributed by atoms with E-state index in [1.54, 1.807) is 37.4 Å². The molecule has 0 amide bonds. The van der Waals surface area contributed by atoms with Crippen molar-refractivity contribution in [1.82, 2.24) is 4.90 Å². The van der Waals surface area contributed by atoms with Gasteiger partial charge in [-0.25, -0.2) is 8.42 Å². The first kappa shape index (κ1) is 18.4. The molecule has 0 radical (unpaired) electrons. The van der Waals surface area contributed by atoms with Crippen molar-refractivity contribution in [3.63, 3.8) is 0 Å². The Labute approximate surface area is 171 Å². The van der Waals surface area contributed by atoms with Crippen LogP contribution < -0.4 is 4.74 Å². The largest absolute Gasteiger partial charge is 0.497 e. The summed E-state index contributed by atoms with van der Waals surface area (Å²) in [7, 11) is -1.80. The highest BCUT2D eigenvalue weighted by Gasteiger charge is 2.32. The molecule has 29 heavy (non-hydrogen) atoms. The molecule has 0 saturated heterocycles. The van der Waals surface area contributed by atoms with Gasteiger partial charge >= 0.3 is 0 Å². The van der Waals surface area contributed by atoms with Crippen molar-refractivity contribution >= 4 is 9.84 Å². The van der Waals surface area contributed by atoms with Gasteiger partial charge in [0.05, 0.1) is 16.9 Å². The van der Waals surface area contributed by atoms with Gasteiger partial charge in [-0.1, -0.05) is 30.3 Å². The molecule has 0 bridgehead atoms. The molecule has 2 aliphatic rings. The second-order valence-electron chi connectivity index (χ2n) is 7.75. The van der Waals surface area contributed by atoms with E-state index in [0.29, 0.717) is 9.79 Å². The van der Waals surface area contributed by atoms with Gasteiger partial charge in [0.2, 0.25) is 9.84 Å². The van der Waals surface area contributed by atoms with Gasteiger partial charge in [0, 0.05) is 19.1 Å². The highest BCUT2D eigenvalue weighted by Crippen LogP contribution is 2.40. The topological polar surface area (TPSA) is 46.6 Å². The molecule has 0 fully saturated rings. The molecule has 0 aromatic heterocycles. The van der Waals surface area contributed by atoms with Crippen LogP contribution >= 0.6 is 0 Å². The summed E-state index contributed by atoms with van der Waals surface area (Å²) in [6, 6.07) is 20.9. The molecule has 1 atom stereocenters. The van der Waals surface area contributed by atoms with E-state index < -0.39 is 9.84 Å². The van der Waals surface area contributed by atoms with Crippen LogP contribution in [0.25, 0.3) is 0 Å². The first-order valence-electron chi connectivity index (χ1n) is 9.89. The fraction of sp³-hybridized carbons (Fsp3) is 0.250. The van der Waals surface area contributed by atoms with Crippen LogP contribution in [0.15, 0.2) is 76.5 Å². The fourth-order valence-electron chi connectivity index (χ4n) is 4.57. The minimum Gasteiger partial charge on any atom is -0.497 e. The number of rotatable bonds is 3. The van der Waals surface area contributed by atoms with Gasteiger partial charge in [-0.15, -0.1) is 0 Å². The molecule has 5 heteroatoms. The molecule has 0 spiro atoms. The van der Waals surface area contributed by atoms with Crippen LogP contribution in [-0.4, -0.2) is 27.0 Å². The van der Waals surface area contributed by atoms with E-state index in [9.17, 15) is 8.42 Å². The van der Waals surface area contributed by atoms with Crippen LogP contribution in [0.1, 0.15) is 28.3 Å². The van der Waals surface area contributed by atoms with E-state index in [4.69, 9.17) is 4.74 Å². The lowest BCUT2D eigenvalue weighted by molar-refractivity contribution is 0.160. The number of benzene rings is 3. The Morgan fingerprint density at radius 3 is 2.52 bits per heavy atom. The zero-order valence-electron chi connectivity index (χ0n) is 16.3. The predicted octanol–water partition coefficient (Wildman–Crippen LogP) is 4.18. The molecule has 5 rings (SSSR count). The molecule has 1 unspecified atom stereocenters. The zero-order chi connectivity index (χ0) is 20.0. The van der Waals surface area contributed by atoms with E-state index >= 15 is 0 Å². The van der Waals surface area contributed by atoms with Crippen molar-refractivity contribution in [2.75, 3.05) is 13.7 Å². The highest BCUT2D eigenvalue weighted by molar-refractivity contribution is 7.91. The van der Waals surface area contributed by atoms with Crippen LogP contribution in [0.2, 0.25) is 0 Å². The number of sulfone groups is 1. The van der Waals surface area contributed by atoms with Gasteiger partial charge in [-0.2, -0.15) is 0 Å². The maximum absolute atomic E-state index is 13.0. The molecule has 3 aromatic carbocycles. The molecule has 0 aliphatic carbocycles. The Kier molecular flexibility index (Phi) is 4.45. The van der Waals surface area contributed by atoms with E-state index in [1.165, 1.54) is 16.7 Å². The van der Waals surface area contributed by atoms with Crippen LogP contribution in [0.4, 0.5) is 0 Å². The number of hydrogen-bond donors (Lipinski definition) is 0. The number of hydrogen-bond acceptors (Lipinski definition) is 4. The van der Waals surface area contributed by atoms with Gasteiger partial charge in [0.15, 0.2) is 0 Å². The van der Waals surface area contributed by atoms with Crippen molar-refractivity contribution in [2.24, 2.45) is 0 Å². The number of nitrogens with zero attached hydrogens (tertiary/aromatic N) is 1. The minimum atomic E-state index is -3.50. The summed E-state index contributed by atoms with van der Waals surface area (Å²) in [5.74, 6) is 0.893. The van der Waals surface area contributed by atoms with E-state index in [1.807, 2.05) is 24.3 Å². The van der Waals surface area contributed by atoms with Gasteiger partial charge < -0.3 is 4.74 Å². The molecule has 148 valence electrons. The van der Waals surface area contributed by atoms with E-state index in [2.05, 4.69) is 17.0 Å². The second-order valence-corrected chi connectivity index (χ2v) is 9.70. The van der Waals surface area contributed by atoms with Crippen molar-refractivity contribution < 1.29 is 13.2 Å². The summed E-state index contributed by atoms with van der Waals surface area (Å²) in [6.45, 7) is 1.87. The third-order valence-electron chi connectivity index (χ3n) is 6.15. The first-order chi connectivity index (χ1) is 14.1. The van der Waals surface area contributed by atoms with Crippen LogP contribution in [0, 0.1) is 0 Å². The summed E-state index contributed by atoms with van der Waals surface area (Å²) in [5.41, 5.74) is 5.03. The third-order valence-corrected chi connectivity index (χ3v) is 7.91. The van der Waals surface area contributed by atoms with E-state index in [-0.39, 0.29) is 6.04 Å². The zero-order valence-corrected chi connectivity index (χ0v) is 17.2. The maximum Gasteiger partial charge on any atom is 0.206 e. The molecule has 0 saturated carbocycles. The Morgan fingerprint density at radius 1 is 0.897 bits per heavy atom. The second kappa shape index (κ2) is 7.01. The van der Waals surface area contributed by atoms with Crippen molar-refractivity contribution in [1.29, 1.82) is 0 Å². The number of ether oxygens (including phenoxy) is 1. The standard InChI is InChI=1S/C24H23NO3S/c1-28-20-8-10-23-17(13-20)11-12-25-16-18-7-9-22(14-19(18)15-24(23)25)29(26,27)21-5-3-2-4-6-21/h2-10,13-14,24H,11-12,15-16H2,1H3. The molecule has 2 aliphatic heterocycles. The highest BCUT2D eigenvalue weighted by atomic mass is 32.2. The lowest BCUT2D eigenvalue weighted by atomic mass is 9.84. The SMILES string of the molecule is COc1ccc2c(c1)CCN1Cc3ccc(S(=O)(=O)c4ccccc4)cc3CC21. The van der Waals surface area contributed by atoms with Crippen molar-refractivity contribution in [2.45, 2.75) is 35.2 Å². The lowest BCUT2D eigenvalue weighted by Gasteiger charge is -2.41. The minimum absolute atomic E-state index is 0.284. The summed E-state index contributed by atoms with van der Waals surface area (Å²) in [5, 5.41) is 0. The van der Waals surface area contributed by atoms with Gasteiger partial charge in [-0.05, 0) is 71.5 Å². The van der Waals surface area contributed by atoms with E-state index in [0.717, 1.165) is 37.2 Å². The van der Waals surface area contributed by atoms with Crippen LogP contribution in [0.3, 0.4) is 0 Å². The number of methoxy groups -OCH3 is 1. The van der Waals surface area contributed by atoms with Gasteiger partial charge in [0.25, 0.3) is 0 Å². The van der Waals surface area contributed by atoms with Gasteiger partial charge in [0.1, 0.15) is 5.75 Å². The lowest BCUT2D eigenvalue weighted by Crippen LogP contribution is -2.39. The molecule has 4 nitrogen and oxygen atoms in total. The molecular formula is C24H23NO3S. The molecule has 3 aromatic rings.